The summed E-state index contributed by atoms with van der Waals surface area (Å²) in [6.07, 6.45) is 1.34. The molecular formula is C20H31N3O3. The van der Waals surface area contributed by atoms with Gasteiger partial charge >= 0.3 is 6.09 Å². The summed E-state index contributed by atoms with van der Waals surface area (Å²) in [5.74, 6) is -0.0243. The summed E-state index contributed by atoms with van der Waals surface area (Å²) in [6.45, 7) is 5.36. The average molecular weight is 361 g/mol. The van der Waals surface area contributed by atoms with Crippen molar-refractivity contribution in [1.82, 2.24) is 14.7 Å². The Balaban J connectivity index is 2.05. The normalized spacial score (nSPS) is 17.2. The fourth-order valence-corrected chi connectivity index (χ4v) is 3.21. The van der Waals surface area contributed by atoms with Crippen LogP contribution in [0.3, 0.4) is 0 Å². The molecule has 0 aliphatic carbocycles. The monoisotopic (exact) mass is 361 g/mol. The minimum Gasteiger partial charge on any atom is -0.450 e. The maximum Gasteiger partial charge on any atom is 0.409 e. The molecule has 1 aromatic carbocycles. The molecule has 26 heavy (non-hydrogen) atoms. The number of amides is 2. The Kier molecular flexibility index (Phi) is 7.91. The summed E-state index contributed by atoms with van der Waals surface area (Å²) >= 11 is 0. The van der Waals surface area contributed by atoms with E-state index in [9.17, 15) is 9.59 Å². The lowest BCUT2D eigenvalue weighted by atomic mass is 9.96. The molecule has 6 nitrogen and oxygen atoms in total. The third-order valence-corrected chi connectivity index (χ3v) is 4.64. The zero-order chi connectivity index (χ0) is 18.9. The van der Waals surface area contributed by atoms with Gasteiger partial charge in [-0.25, -0.2) is 4.79 Å². The van der Waals surface area contributed by atoms with Crippen LogP contribution in [0.25, 0.3) is 0 Å². The predicted molar refractivity (Wildman–Crippen MR) is 102 cm³/mol. The van der Waals surface area contributed by atoms with Gasteiger partial charge in [0, 0.05) is 32.7 Å². The number of nitrogens with zero attached hydrogens (tertiary/aromatic N) is 3. The Bertz CT molecular complexity index is 577. The summed E-state index contributed by atoms with van der Waals surface area (Å²) in [5.41, 5.74) is 1.12. The zero-order valence-electron chi connectivity index (χ0n) is 16.2. The molecule has 0 saturated carbocycles. The van der Waals surface area contributed by atoms with Gasteiger partial charge in [-0.1, -0.05) is 30.3 Å². The van der Waals surface area contributed by atoms with Crippen LogP contribution < -0.4 is 0 Å². The second-order valence-corrected chi connectivity index (χ2v) is 7.03. The molecule has 1 aliphatic rings. The van der Waals surface area contributed by atoms with Crippen LogP contribution in [-0.2, 0) is 16.1 Å². The number of carbonyl (C=O) groups is 2. The Morgan fingerprint density at radius 2 is 1.92 bits per heavy atom. The first-order chi connectivity index (χ1) is 12.5. The molecule has 0 spiro atoms. The van der Waals surface area contributed by atoms with Crippen LogP contribution in [0.15, 0.2) is 30.3 Å². The molecule has 144 valence electrons. The number of likely N-dealkylation sites (N-methyl/N-ethyl adjacent to an activating group) is 1. The fraction of sp³-hybridized carbons (Fsp3) is 0.600. The first-order valence-corrected chi connectivity index (χ1v) is 9.40. The lowest BCUT2D eigenvalue weighted by molar-refractivity contribution is -0.137. The van der Waals surface area contributed by atoms with E-state index in [1.807, 2.05) is 49.3 Å². The second-order valence-electron chi connectivity index (χ2n) is 7.03. The van der Waals surface area contributed by atoms with E-state index in [0.717, 1.165) is 24.9 Å². The number of hydrogen-bond donors (Lipinski definition) is 0. The molecule has 2 rings (SSSR count). The van der Waals surface area contributed by atoms with E-state index in [-0.39, 0.29) is 17.9 Å². The maximum absolute atomic E-state index is 13.2. The van der Waals surface area contributed by atoms with Gasteiger partial charge in [0.25, 0.3) is 0 Å². The van der Waals surface area contributed by atoms with E-state index >= 15 is 0 Å². The SMILES string of the molecule is CCOC(=O)N1CCCC(C(=O)N(CCN(C)C)Cc2ccccc2)C1. The molecule has 0 bridgehead atoms. The van der Waals surface area contributed by atoms with Gasteiger partial charge in [-0.2, -0.15) is 0 Å². The Morgan fingerprint density at radius 3 is 2.58 bits per heavy atom. The number of benzene rings is 1. The third-order valence-electron chi connectivity index (χ3n) is 4.64. The van der Waals surface area contributed by atoms with Gasteiger partial charge in [-0.3, -0.25) is 4.79 Å². The highest BCUT2D eigenvalue weighted by Crippen LogP contribution is 2.21. The zero-order valence-corrected chi connectivity index (χ0v) is 16.2. The van der Waals surface area contributed by atoms with E-state index in [4.69, 9.17) is 4.74 Å². The van der Waals surface area contributed by atoms with E-state index in [1.54, 1.807) is 11.8 Å². The van der Waals surface area contributed by atoms with Gasteiger partial charge < -0.3 is 19.4 Å². The summed E-state index contributed by atoms with van der Waals surface area (Å²) in [4.78, 5) is 30.9. The summed E-state index contributed by atoms with van der Waals surface area (Å²) < 4.78 is 5.10. The lowest BCUT2D eigenvalue weighted by Gasteiger charge is -2.35. The van der Waals surface area contributed by atoms with Gasteiger partial charge in [0.05, 0.1) is 12.5 Å². The highest BCUT2D eigenvalue weighted by molar-refractivity contribution is 5.80. The first kappa shape index (κ1) is 20.2. The average Bonchev–Trinajstić information content (AvgIpc) is 2.65. The van der Waals surface area contributed by atoms with Crippen LogP contribution in [0.1, 0.15) is 25.3 Å². The van der Waals surface area contributed by atoms with Gasteiger partial charge in [0.1, 0.15) is 0 Å². The molecule has 0 aromatic heterocycles. The Hall–Kier alpha value is -2.08. The van der Waals surface area contributed by atoms with E-state index in [1.165, 1.54) is 0 Å². The van der Waals surface area contributed by atoms with Gasteiger partial charge in [-0.15, -0.1) is 0 Å². The largest absolute Gasteiger partial charge is 0.450 e. The van der Waals surface area contributed by atoms with Crippen molar-refractivity contribution in [1.29, 1.82) is 0 Å². The lowest BCUT2D eigenvalue weighted by Crippen LogP contribution is -2.47. The summed E-state index contributed by atoms with van der Waals surface area (Å²) in [7, 11) is 4.02. The van der Waals surface area contributed by atoms with E-state index in [0.29, 0.717) is 32.8 Å². The molecule has 0 radical (unpaired) electrons. The molecule has 1 aliphatic heterocycles. The van der Waals surface area contributed by atoms with Gasteiger partial charge in [0.2, 0.25) is 5.91 Å². The molecule has 2 amide bonds. The van der Waals surface area contributed by atoms with Crippen molar-refractivity contribution in [2.75, 3.05) is 46.9 Å². The quantitative estimate of drug-likeness (QED) is 0.749. The highest BCUT2D eigenvalue weighted by Gasteiger charge is 2.31. The van der Waals surface area contributed by atoms with Crippen molar-refractivity contribution < 1.29 is 14.3 Å². The molecule has 6 heteroatoms. The minimum absolute atomic E-state index is 0.129. The number of hydrogen-bond acceptors (Lipinski definition) is 4. The Morgan fingerprint density at radius 1 is 1.19 bits per heavy atom. The molecule has 0 N–H and O–H groups in total. The molecule has 1 aromatic rings. The van der Waals surface area contributed by atoms with Crippen LogP contribution in [0.4, 0.5) is 4.79 Å². The number of ether oxygens (including phenoxy) is 1. The molecule has 1 fully saturated rings. The number of rotatable bonds is 7. The van der Waals surface area contributed by atoms with Gasteiger partial charge in [0.15, 0.2) is 0 Å². The third kappa shape index (κ3) is 6.02. The standard InChI is InChI=1S/C20H31N3O3/c1-4-26-20(25)23-12-8-11-18(16-23)19(24)22(14-13-21(2)3)15-17-9-6-5-7-10-17/h5-7,9-10,18H,4,8,11-16H2,1-3H3. The van der Waals surface area contributed by atoms with E-state index < -0.39 is 0 Å². The van der Waals surface area contributed by atoms with Crippen LogP contribution >= 0.6 is 0 Å². The predicted octanol–water partition coefficient (Wildman–Crippen LogP) is 2.45. The van der Waals surface area contributed by atoms with Gasteiger partial charge in [-0.05, 0) is 39.4 Å². The Labute approximate surface area is 156 Å². The molecule has 1 atom stereocenters. The number of piperidine rings is 1. The minimum atomic E-state index is -0.312. The van der Waals surface area contributed by atoms with Crippen LogP contribution in [0, 0.1) is 5.92 Å². The van der Waals surface area contributed by atoms with Crippen molar-refractivity contribution in [2.24, 2.45) is 5.92 Å². The van der Waals surface area contributed by atoms with Crippen LogP contribution in [0.5, 0.6) is 0 Å². The van der Waals surface area contributed by atoms with Crippen LogP contribution in [-0.4, -0.2) is 73.6 Å². The number of carbonyl (C=O) groups excluding carboxylic acids is 2. The molecular weight excluding hydrogens is 330 g/mol. The van der Waals surface area contributed by atoms with Crippen LogP contribution in [0.2, 0.25) is 0 Å². The summed E-state index contributed by atoms with van der Waals surface area (Å²) in [6, 6.07) is 10.1. The second kappa shape index (κ2) is 10.2. The topological polar surface area (TPSA) is 53.1 Å². The van der Waals surface area contributed by atoms with Crippen molar-refractivity contribution in [3.8, 4) is 0 Å². The van der Waals surface area contributed by atoms with Crippen molar-refractivity contribution in [2.45, 2.75) is 26.3 Å². The highest BCUT2D eigenvalue weighted by atomic mass is 16.6. The number of likely N-dealkylation sites (tertiary alicyclic amines) is 1. The van der Waals surface area contributed by atoms with Crippen molar-refractivity contribution in [3.05, 3.63) is 35.9 Å². The summed E-state index contributed by atoms with van der Waals surface area (Å²) in [5, 5.41) is 0. The first-order valence-electron chi connectivity index (χ1n) is 9.40. The smallest absolute Gasteiger partial charge is 0.409 e. The van der Waals surface area contributed by atoms with Crippen molar-refractivity contribution in [3.63, 3.8) is 0 Å². The molecule has 1 unspecified atom stereocenters. The van der Waals surface area contributed by atoms with E-state index in [2.05, 4.69) is 4.90 Å². The molecule has 1 heterocycles. The van der Waals surface area contributed by atoms with Crippen molar-refractivity contribution >= 4 is 12.0 Å². The molecule has 1 saturated heterocycles. The maximum atomic E-state index is 13.2. The fourth-order valence-electron chi connectivity index (χ4n) is 3.21.